The van der Waals surface area contributed by atoms with Crippen molar-refractivity contribution >= 4 is 29.7 Å². The molecule has 0 radical (unpaired) electrons. The van der Waals surface area contributed by atoms with Crippen LogP contribution in [0.3, 0.4) is 0 Å². The van der Waals surface area contributed by atoms with Gasteiger partial charge in [-0.2, -0.15) is 0 Å². The second-order valence-electron chi connectivity index (χ2n) is 8.35. The molecule has 3 amide bonds. The van der Waals surface area contributed by atoms with Gasteiger partial charge in [0.2, 0.25) is 17.7 Å². The van der Waals surface area contributed by atoms with E-state index in [1.165, 1.54) is 0 Å². The van der Waals surface area contributed by atoms with Crippen molar-refractivity contribution in [1.29, 1.82) is 0 Å². The molecule has 0 bridgehead atoms. The van der Waals surface area contributed by atoms with Crippen LogP contribution in [-0.4, -0.2) is 83.7 Å². The number of hydrogen-bond acceptors (Lipinski definition) is 8. The quantitative estimate of drug-likeness (QED) is 0.0523. The summed E-state index contributed by atoms with van der Waals surface area (Å²) < 4.78 is 0. The Morgan fingerprint density at radius 2 is 1.40 bits per heavy atom. The van der Waals surface area contributed by atoms with Gasteiger partial charge in [-0.25, -0.2) is 4.79 Å². The van der Waals surface area contributed by atoms with Crippen LogP contribution in [0.15, 0.2) is 4.99 Å². The highest BCUT2D eigenvalue weighted by Crippen LogP contribution is 2.08. The fraction of sp³-hybridized carbons (Fsp3) is 0.762. The number of aliphatic hydroxyl groups excluding tert-OH is 1. The number of guanidine groups is 1. The van der Waals surface area contributed by atoms with Crippen molar-refractivity contribution in [2.75, 3.05) is 19.7 Å². The number of nitrogens with two attached hydrogens (primary N) is 4. The van der Waals surface area contributed by atoms with Crippen LogP contribution in [0.2, 0.25) is 0 Å². The third-order valence-electron chi connectivity index (χ3n) is 5.52. The summed E-state index contributed by atoms with van der Waals surface area (Å²) in [7, 11) is 0. The van der Waals surface area contributed by atoms with E-state index in [0.29, 0.717) is 32.2 Å². The van der Waals surface area contributed by atoms with E-state index in [4.69, 9.17) is 28.0 Å². The standard InChI is InChI=1S/C21H42N8O6/c1-3-12(2)16(23)19(33)28-14(8-6-10-26-21(24)25)17(31)27-13(7-4-5-9-22)18(32)29-15(11-30)20(34)35/h12-16,30H,3-11,22-23H2,1-2H3,(H,27,31)(H,28,33)(H,29,32)(H,34,35)(H4,24,25,26). The van der Waals surface area contributed by atoms with Crippen molar-refractivity contribution in [3.05, 3.63) is 0 Å². The number of nitrogens with zero attached hydrogens (tertiary/aromatic N) is 1. The number of aliphatic imine (C=N–C) groups is 1. The van der Waals surface area contributed by atoms with Crippen LogP contribution in [0, 0.1) is 5.92 Å². The van der Waals surface area contributed by atoms with Gasteiger partial charge in [0.05, 0.1) is 12.6 Å². The fourth-order valence-corrected chi connectivity index (χ4v) is 3.04. The Balaban J connectivity index is 5.57. The Hall–Kier alpha value is -2.97. The maximum absolute atomic E-state index is 13.1. The minimum atomic E-state index is -1.53. The summed E-state index contributed by atoms with van der Waals surface area (Å²) in [6.07, 6.45) is 2.40. The normalized spacial score (nSPS) is 15.1. The highest BCUT2D eigenvalue weighted by molar-refractivity contribution is 5.94. The maximum Gasteiger partial charge on any atom is 0.328 e. The predicted molar refractivity (Wildman–Crippen MR) is 131 cm³/mol. The van der Waals surface area contributed by atoms with E-state index in [1.807, 2.05) is 13.8 Å². The summed E-state index contributed by atoms with van der Waals surface area (Å²) >= 11 is 0. The molecule has 0 aliphatic carbocycles. The lowest BCUT2D eigenvalue weighted by molar-refractivity contribution is -0.143. The number of nitrogens with one attached hydrogen (secondary N) is 3. The van der Waals surface area contributed by atoms with Gasteiger partial charge in [0, 0.05) is 6.54 Å². The van der Waals surface area contributed by atoms with Crippen molar-refractivity contribution in [3.63, 3.8) is 0 Å². The van der Waals surface area contributed by atoms with Gasteiger partial charge in [0.25, 0.3) is 0 Å². The summed E-state index contributed by atoms with van der Waals surface area (Å²) in [6.45, 7) is 3.47. The lowest BCUT2D eigenvalue weighted by Gasteiger charge is -2.26. The highest BCUT2D eigenvalue weighted by atomic mass is 16.4. The Labute approximate surface area is 205 Å². The Morgan fingerprint density at radius 3 is 1.86 bits per heavy atom. The number of aliphatic hydroxyl groups is 1. The van der Waals surface area contributed by atoms with Gasteiger partial charge in [-0.3, -0.25) is 19.4 Å². The van der Waals surface area contributed by atoms with E-state index in [2.05, 4.69) is 20.9 Å². The van der Waals surface area contributed by atoms with E-state index in [0.717, 1.165) is 0 Å². The zero-order valence-electron chi connectivity index (χ0n) is 20.5. The minimum Gasteiger partial charge on any atom is -0.480 e. The summed E-state index contributed by atoms with van der Waals surface area (Å²) in [5.74, 6) is -3.60. The maximum atomic E-state index is 13.1. The monoisotopic (exact) mass is 502 g/mol. The zero-order chi connectivity index (χ0) is 27.0. The number of carbonyl (C=O) groups excluding carboxylic acids is 3. The zero-order valence-corrected chi connectivity index (χ0v) is 20.5. The van der Waals surface area contributed by atoms with Crippen LogP contribution in [0.25, 0.3) is 0 Å². The molecule has 0 aromatic carbocycles. The number of hydrogen-bond donors (Lipinski definition) is 9. The van der Waals surface area contributed by atoms with Crippen molar-refractivity contribution < 1.29 is 29.4 Å². The summed E-state index contributed by atoms with van der Waals surface area (Å²) in [5.41, 5.74) is 22.1. The molecule has 0 rings (SSSR count). The molecule has 0 saturated carbocycles. The largest absolute Gasteiger partial charge is 0.480 e. The average Bonchev–Trinajstić information content (AvgIpc) is 2.81. The third kappa shape index (κ3) is 12.9. The molecule has 0 heterocycles. The lowest BCUT2D eigenvalue weighted by atomic mass is 9.98. The molecular weight excluding hydrogens is 460 g/mol. The molecule has 202 valence electrons. The first-order valence-electron chi connectivity index (χ1n) is 11.7. The van der Waals surface area contributed by atoms with Crippen molar-refractivity contribution in [3.8, 4) is 0 Å². The lowest BCUT2D eigenvalue weighted by Crippen LogP contribution is -2.58. The average molecular weight is 503 g/mol. The number of carbonyl (C=O) groups is 4. The predicted octanol–water partition coefficient (Wildman–Crippen LogP) is -2.93. The molecule has 5 atom stereocenters. The molecular formula is C21H42N8O6. The molecule has 5 unspecified atom stereocenters. The van der Waals surface area contributed by atoms with Crippen LogP contribution in [-0.2, 0) is 19.2 Å². The Bertz CT molecular complexity index is 716. The van der Waals surface area contributed by atoms with Crippen LogP contribution in [0.5, 0.6) is 0 Å². The molecule has 0 spiro atoms. The van der Waals surface area contributed by atoms with Crippen molar-refractivity contribution in [2.45, 2.75) is 76.5 Å². The van der Waals surface area contributed by atoms with Crippen molar-refractivity contribution in [2.24, 2.45) is 33.8 Å². The smallest absolute Gasteiger partial charge is 0.328 e. The number of carboxylic acid groups (broad SMARTS) is 1. The third-order valence-corrected chi connectivity index (χ3v) is 5.52. The Morgan fingerprint density at radius 1 is 0.886 bits per heavy atom. The molecule has 0 aromatic heterocycles. The van der Waals surface area contributed by atoms with E-state index < -0.39 is 54.5 Å². The molecule has 14 heteroatoms. The molecule has 0 aromatic rings. The minimum absolute atomic E-state index is 0.109. The number of carboxylic acids is 1. The SMILES string of the molecule is CCC(C)C(N)C(=O)NC(CCCN=C(N)N)C(=O)NC(CCCCN)C(=O)NC(CO)C(=O)O. The molecule has 0 aliphatic heterocycles. The first kappa shape index (κ1) is 32.0. The van der Waals surface area contributed by atoms with Gasteiger partial charge in [0.1, 0.15) is 18.1 Å². The topological polar surface area (TPSA) is 261 Å². The highest BCUT2D eigenvalue weighted by Gasteiger charge is 2.30. The van der Waals surface area contributed by atoms with Gasteiger partial charge < -0.3 is 49.1 Å². The van der Waals surface area contributed by atoms with E-state index in [9.17, 15) is 24.3 Å². The molecule has 35 heavy (non-hydrogen) atoms. The van der Waals surface area contributed by atoms with Gasteiger partial charge in [-0.05, 0) is 44.6 Å². The van der Waals surface area contributed by atoms with E-state index >= 15 is 0 Å². The van der Waals surface area contributed by atoms with E-state index in [1.54, 1.807) is 0 Å². The molecule has 13 N–H and O–H groups in total. The van der Waals surface area contributed by atoms with Gasteiger partial charge in [-0.15, -0.1) is 0 Å². The first-order chi connectivity index (χ1) is 16.5. The number of rotatable bonds is 18. The number of aliphatic carboxylic acids is 1. The Kier molecular flexibility index (Phi) is 16.0. The number of amides is 3. The van der Waals surface area contributed by atoms with Crippen LogP contribution in [0.4, 0.5) is 0 Å². The second-order valence-corrected chi connectivity index (χ2v) is 8.35. The molecule has 0 fully saturated rings. The first-order valence-corrected chi connectivity index (χ1v) is 11.7. The van der Waals surface area contributed by atoms with Crippen LogP contribution in [0.1, 0.15) is 52.4 Å². The fourth-order valence-electron chi connectivity index (χ4n) is 3.04. The molecule has 14 nitrogen and oxygen atoms in total. The van der Waals surface area contributed by atoms with Gasteiger partial charge >= 0.3 is 5.97 Å². The summed E-state index contributed by atoms with van der Waals surface area (Å²) in [4.78, 5) is 53.4. The van der Waals surface area contributed by atoms with Crippen LogP contribution >= 0.6 is 0 Å². The molecule has 0 saturated heterocycles. The second kappa shape index (κ2) is 17.5. The van der Waals surface area contributed by atoms with Gasteiger partial charge in [-0.1, -0.05) is 20.3 Å². The van der Waals surface area contributed by atoms with Crippen LogP contribution < -0.4 is 38.9 Å². The van der Waals surface area contributed by atoms with Gasteiger partial charge in [0.15, 0.2) is 5.96 Å². The summed E-state index contributed by atoms with van der Waals surface area (Å²) in [6, 6.07) is -4.51. The number of unbranched alkanes of at least 4 members (excludes halogenated alkanes) is 1. The van der Waals surface area contributed by atoms with Crippen molar-refractivity contribution in [1.82, 2.24) is 16.0 Å². The molecule has 0 aliphatic rings. The summed E-state index contributed by atoms with van der Waals surface area (Å²) in [5, 5.41) is 25.7. The van der Waals surface area contributed by atoms with E-state index in [-0.39, 0.29) is 31.3 Å².